The maximum Gasteiger partial charge on any atom is 0.0985 e. The van der Waals surface area contributed by atoms with Crippen molar-refractivity contribution < 1.29 is 5.21 Å². The molecule has 3 heteroatoms. The molecule has 1 atom stereocenters. The highest BCUT2D eigenvalue weighted by atomic mass is 16.5. The van der Waals surface area contributed by atoms with Crippen molar-refractivity contribution in [2.45, 2.75) is 51.2 Å². The van der Waals surface area contributed by atoms with Gasteiger partial charge in [0.05, 0.1) is 11.1 Å². The molecule has 1 saturated heterocycles. The molecule has 0 saturated carbocycles. The largest absolute Gasteiger partial charge is 0.338 e. The molecule has 0 aromatic carbocycles. The molecular weight excluding hydrogens is 140 g/mol. The maximum absolute atomic E-state index is 7.82. The number of rotatable bonds is 0. The zero-order chi connectivity index (χ0) is 8.86. The van der Waals surface area contributed by atoms with Gasteiger partial charge in [-0.15, -0.1) is 0 Å². The van der Waals surface area contributed by atoms with Gasteiger partial charge >= 0.3 is 0 Å². The molecule has 0 aliphatic carbocycles. The minimum atomic E-state index is -0.177. The Hall–Kier alpha value is -0.120. The first kappa shape index (κ1) is 8.97. The van der Waals surface area contributed by atoms with E-state index in [0.29, 0.717) is 0 Å². The summed E-state index contributed by atoms with van der Waals surface area (Å²) in [5, 5.41) is 9.45. The van der Waals surface area contributed by atoms with Crippen LogP contribution in [0, 0.1) is 0 Å². The van der Waals surface area contributed by atoms with E-state index in [4.69, 9.17) is 10.9 Å². The average molecular weight is 159 g/mol. The molecule has 0 spiro atoms. The Bertz CT molecular complexity index is 165. The summed E-state index contributed by atoms with van der Waals surface area (Å²) in [5.41, 5.74) is 5.67. The molecule has 3 nitrogen and oxygen atoms in total. The van der Waals surface area contributed by atoms with Crippen LogP contribution in [0.2, 0.25) is 0 Å². The lowest BCUT2D eigenvalue weighted by Crippen LogP contribution is -2.50. The van der Waals surface area contributed by atoms with Crippen molar-refractivity contribution in [2.24, 2.45) is 5.73 Å². The van der Waals surface area contributed by atoms with Crippen molar-refractivity contribution in [3.05, 3.63) is 0 Å². The predicted molar refractivity (Wildman–Crippen MR) is 46.2 cm³/mol. The standard InChI is InChI=1S/C8H18N2O/c1-7(2)5-6(9)8(3,4)10(7)11/h6,11H,5,9H2,1-4H3/p+1. The zero-order valence-electron chi connectivity index (χ0n) is 7.81. The topological polar surface area (TPSA) is 52.2 Å². The number of hydrogen-bond donors (Lipinski definition) is 1. The molecule has 1 rings (SSSR count). The van der Waals surface area contributed by atoms with Crippen molar-refractivity contribution >= 4 is 0 Å². The van der Waals surface area contributed by atoms with E-state index >= 15 is 0 Å². The van der Waals surface area contributed by atoms with Crippen LogP contribution in [0.5, 0.6) is 0 Å². The maximum atomic E-state index is 7.82. The summed E-state index contributed by atoms with van der Waals surface area (Å²) in [5.74, 6) is 0. The van der Waals surface area contributed by atoms with Crippen molar-refractivity contribution in [1.82, 2.24) is 5.06 Å². The second-order valence-electron chi connectivity index (χ2n) is 4.61. The number of hydroxylamine groups is 2. The van der Waals surface area contributed by atoms with Gasteiger partial charge in [-0.1, -0.05) is 5.06 Å². The van der Waals surface area contributed by atoms with Crippen molar-refractivity contribution in [2.75, 3.05) is 0 Å². The van der Waals surface area contributed by atoms with Gasteiger partial charge in [0.1, 0.15) is 0 Å². The summed E-state index contributed by atoms with van der Waals surface area (Å²) in [6.07, 6.45) is 0.906. The first-order valence-corrected chi connectivity index (χ1v) is 4.05. The quantitative estimate of drug-likeness (QED) is 0.514. The summed E-state index contributed by atoms with van der Waals surface area (Å²) in [6.45, 7) is 8.18. The van der Waals surface area contributed by atoms with Crippen LogP contribution in [-0.4, -0.2) is 27.4 Å². The van der Waals surface area contributed by atoms with E-state index in [2.05, 4.69) is 13.8 Å². The van der Waals surface area contributed by atoms with E-state index in [-0.39, 0.29) is 17.1 Å². The van der Waals surface area contributed by atoms with Crippen molar-refractivity contribution in [1.29, 1.82) is 0 Å². The van der Waals surface area contributed by atoms with E-state index in [1.165, 1.54) is 0 Å². The van der Waals surface area contributed by atoms with Gasteiger partial charge in [0.15, 0.2) is 0 Å². The van der Waals surface area contributed by atoms with Crippen LogP contribution in [0.1, 0.15) is 34.1 Å². The third-order valence-corrected chi connectivity index (χ3v) is 2.81. The lowest BCUT2D eigenvalue weighted by atomic mass is 9.95. The Labute approximate surface area is 68.1 Å². The minimum Gasteiger partial charge on any atom is -0.338 e. The van der Waals surface area contributed by atoms with Gasteiger partial charge in [0.25, 0.3) is 0 Å². The molecule has 1 heterocycles. The normalized spacial score (nSPS) is 36.0. The molecule has 1 aliphatic heterocycles. The fraction of sp³-hybridized carbons (Fsp3) is 1.00. The van der Waals surface area contributed by atoms with Gasteiger partial charge < -0.3 is 10.9 Å². The van der Waals surface area contributed by atoms with Gasteiger partial charge in [-0.25, -0.2) is 0 Å². The molecule has 0 amide bonds. The number of nitrogens with two attached hydrogens (primary N) is 1. The van der Waals surface area contributed by atoms with Crippen LogP contribution in [-0.2, 0) is 0 Å². The fourth-order valence-corrected chi connectivity index (χ4v) is 1.83. The number of nitrogens with zero attached hydrogens (tertiary/aromatic N) is 1. The highest BCUT2D eigenvalue weighted by molar-refractivity contribution is 5.04. The molecule has 66 valence electrons. The van der Waals surface area contributed by atoms with Crippen LogP contribution in [0.4, 0.5) is 0 Å². The van der Waals surface area contributed by atoms with E-state index in [0.717, 1.165) is 6.42 Å². The smallest absolute Gasteiger partial charge is 0.0985 e. The molecule has 1 fully saturated rings. The third-order valence-electron chi connectivity index (χ3n) is 2.81. The van der Waals surface area contributed by atoms with Crippen molar-refractivity contribution in [3.8, 4) is 0 Å². The molecule has 11 heavy (non-hydrogen) atoms. The van der Waals surface area contributed by atoms with Crippen LogP contribution in [0.15, 0.2) is 0 Å². The van der Waals surface area contributed by atoms with Gasteiger partial charge in [-0.2, -0.15) is 0 Å². The first-order valence-electron chi connectivity index (χ1n) is 4.05. The van der Waals surface area contributed by atoms with E-state index < -0.39 is 0 Å². The molecule has 0 aromatic rings. The second-order valence-corrected chi connectivity index (χ2v) is 4.61. The van der Waals surface area contributed by atoms with Gasteiger partial charge in [0, 0.05) is 6.04 Å². The molecular formula is C8H19N2O+. The Balaban J connectivity index is 2.89. The van der Waals surface area contributed by atoms with Crippen LogP contribution in [0.3, 0.4) is 0 Å². The average Bonchev–Trinajstić information content (AvgIpc) is 1.94. The van der Waals surface area contributed by atoms with Crippen LogP contribution >= 0.6 is 0 Å². The van der Waals surface area contributed by atoms with E-state index in [1.54, 1.807) is 5.06 Å². The Kier molecular flexibility index (Phi) is 1.78. The van der Waals surface area contributed by atoms with E-state index in [9.17, 15) is 0 Å². The molecule has 1 unspecified atom stereocenters. The molecule has 4 N–H and O–H groups in total. The van der Waals surface area contributed by atoms with E-state index in [1.807, 2.05) is 13.8 Å². The molecule has 1 aliphatic rings. The Morgan fingerprint density at radius 1 is 1.36 bits per heavy atom. The monoisotopic (exact) mass is 159 g/mol. The third kappa shape index (κ3) is 1.17. The lowest BCUT2D eigenvalue weighted by molar-refractivity contribution is -0.193. The number of hydrogen-bond acceptors (Lipinski definition) is 2. The van der Waals surface area contributed by atoms with Crippen molar-refractivity contribution in [3.63, 3.8) is 0 Å². The summed E-state index contributed by atoms with van der Waals surface area (Å²) in [4.78, 5) is 0. The highest BCUT2D eigenvalue weighted by Gasteiger charge is 2.53. The molecule has 0 bridgehead atoms. The van der Waals surface area contributed by atoms with Gasteiger partial charge in [0.2, 0.25) is 0 Å². The minimum absolute atomic E-state index is 0.0666. The predicted octanol–water partition coefficient (Wildman–Crippen LogP) is 0.216. The first-order chi connectivity index (χ1) is 4.78. The Morgan fingerprint density at radius 3 is 1.91 bits per heavy atom. The summed E-state index contributed by atoms with van der Waals surface area (Å²) in [7, 11) is 0. The highest BCUT2D eigenvalue weighted by Crippen LogP contribution is 2.37. The Morgan fingerprint density at radius 2 is 1.82 bits per heavy atom. The summed E-state index contributed by atoms with van der Waals surface area (Å²) >= 11 is 0. The fourth-order valence-electron chi connectivity index (χ4n) is 1.83. The zero-order valence-corrected chi connectivity index (χ0v) is 7.81. The SMILES string of the molecule is CC1(C)CC(N)C(C)(C)N1[OH2+]. The summed E-state index contributed by atoms with van der Waals surface area (Å²) in [6, 6.07) is 0.120. The van der Waals surface area contributed by atoms with Crippen LogP contribution in [0.25, 0.3) is 0 Å². The summed E-state index contributed by atoms with van der Waals surface area (Å²) < 4.78 is 0. The van der Waals surface area contributed by atoms with Gasteiger partial charge in [-0.3, -0.25) is 0 Å². The second kappa shape index (κ2) is 2.19. The molecule has 0 aromatic heterocycles. The lowest BCUT2D eigenvalue weighted by Gasteiger charge is -2.30. The van der Waals surface area contributed by atoms with Gasteiger partial charge in [-0.05, 0) is 34.1 Å². The molecule has 0 radical (unpaired) electrons. The van der Waals surface area contributed by atoms with Crippen LogP contribution < -0.4 is 5.73 Å².